The van der Waals surface area contributed by atoms with Crippen LogP contribution in [0.1, 0.15) is 25.0 Å². The lowest BCUT2D eigenvalue weighted by atomic mass is 9.85. The highest BCUT2D eigenvalue weighted by Gasteiger charge is 2.55. The van der Waals surface area contributed by atoms with Crippen LogP contribution in [0.3, 0.4) is 0 Å². The maximum Gasteiger partial charge on any atom is 0.299 e. The third-order valence-electron chi connectivity index (χ3n) is 6.17. The average Bonchev–Trinajstić information content (AvgIpc) is 2.98. The molecule has 0 amide bonds. The van der Waals surface area contributed by atoms with Gasteiger partial charge in [-0.15, -0.1) is 0 Å². The van der Waals surface area contributed by atoms with Gasteiger partial charge in [0.1, 0.15) is 47.8 Å². The van der Waals surface area contributed by atoms with E-state index >= 15 is 0 Å². The van der Waals surface area contributed by atoms with Gasteiger partial charge in [-0.3, -0.25) is 4.99 Å². The summed E-state index contributed by atoms with van der Waals surface area (Å²) in [7, 11) is 0. The Labute approximate surface area is 237 Å². The lowest BCUT2D eigenvalue weighted by Crippen LogP contribution is -2.56. The Morgan fingerprint density at radius 3 is 1.97 bits per heavy atom. The summed E-state index contributed by atoms with van der Waals surface area (Å²) in [6.45, 7) is 0.400. The molecule has 0 aromatic heterocycles. The van der Waals surface area contributed by atoms with Crippen LogP contribution in [0.2, 0.25) is 0 Å². The van der Waals surface area contributed by atoms with Gasteiger partial charge in [0.05, 0.1) is 6.61 Å². The number of alkyl halides is 4. The quantitative estimate of drug-likeness (QED) is 0.290. The number of benzene rings is 2. The number of nitrogens with one attached hydrogen (secondary N) is 1. The van der Waals surface area contributed by atoms with E-state index in [1.54, 1.807) is 0 Å². The number of ether oxygens (including phenoxy) is 2. The zero-order valence-corrected chi connectivity index (χ0v) is 24.1. The molecule has 2 aromatic rings. The molecule has 0 bridgehead atoms. The number of halogens is 8. The van der Waals surface area contributed by atoms with Crippen molar-refractivity contribution < 1.29 is 35.8 Å². The van der Waals surface area contributed by atoms with Crippen molar-refractivity contribution in [2.24, 2.45) is 10.7 Å². The largest absolute Gasteiger partial charge is 0.385 e. The number of aliphatic imine (C=N–C) groups is 1. The molecule has 3 N–H and O–H groups in total. The average molecular weight is 691 g/mol. The van der Waals surface area contributed by atoms with Crippen LogP contribution < -0.4 is 11.1 Å². The number of nitrogens with two attached hydrogens (primary N) is 1. The molecule has 2 aromatic carbocycles. The summed E-state index contributed by atoms with van der Waals surface area (Å²) >= 11 is 11.2. The van der Waals surface area contributed by atoms with E-state index < -0.39 is 47.8 Å². The Hall–Kier alpha value is -1.74. The fourth-order valence-electron chi connectivity index (χ4n) is 3.92. The Morgan fingerprint density at radius 2 is 1.37 bits per heavy atom. The second kappa shape index (κ2) is 11.4. The van der Waals surface area contributed by atoms with E-state index in [1.165, 1.54) is 31.2 Å². The number of hydrogen-bond donors (Lipinski definition) is 2. The van der Waals surface area contributed by atoms with Gasteiger partial charge in [-0.25, -0.2) is 26.3 Å². The van der Waals surface area contributed by atoms with Crippen LogP contribution in [0.25, 0.3) is 0 Å². The van der Waals surface area contributed by atoms with E-state index in [2.05, 4.69) is 42.2 Å². The maximum atomic E-state index is 14.3. The van der Waals surface area contributed by atoms with Crippen LogP contribution in [0.15, 0.2) is 50.3 Å². The van der Waals surface area contributed by atoms with E-state index in [-0.39, 0.29) is 35.2 Å². The van der Waals surface area contributed by atoms with Crippen molar-refractivity contribution in [1.29, 1.82) is 0 Å². The van der Waals surface area contributed by atoms with Gasteiger partial charge in [0.2, 0.25) is 0 Å². The van der Waals surface area contributed by atoms with Gasteiger partial charge < -0.3 is 20.5 Å². The Morgan fingerprint density at radius 1 is 0.868 bits per heavy atom. The Balaban J connectivity index is 0.000000211. The van der Waals surface area contributed by atoms with Crippen LogP contribution in [0.4, 0.5) is 26.3 Å². The van der Waals surface area contributed by atoms with Crippen LogP contribution in [0.5, 0.6) is 0 Å². The highest BCUT2D eigenvalue weighted by atomic mass is 79.9. The minimum absolute atomic E-state index is 0.0842. The second-order valence-electron chi connectivity index (χ2n) is 8.99. The fourth-order valence-corrected chi connectivity index (χ4v) is 4.93. The van der Waals surface area contributed by atoms with Crippen LogP contribution in [0, 0.1) is 11.6 Å². The fraction of sp³-hybridized carbons (Fsp3) is 0.417. The zero-order valence-electron chi connectivity index (χ0n) is 20.1. The third-order valence-corrected chi connectivity index (χ3v) is 7.38. The molecule has 4 rings (SSSR count). The van der Waals surface area contributed by atoms with Gasteiger partial charge in [-0.05, 0) is 50.2 Å². The molecule has 0 saturated carbocycles. The van der Waals surface area contributed by atoms with Crippen LogP contribution >= 0.6 is 44.1 Å². The predicted octanol–water partition coefficient (Wildman–Crippen LogP) is 6.21. The molecule has 14 heteroatoms. The number of thiocarbonyl (C=S) groups is 1. The predicted molar refractivity (Wildman–Crippen MR) is 142 cm³/mol. The summed E-state index contributed by atoms with van der Waals surface area (Å²) in [5, 5.41) is 2.53. The van der Waals surface area contributed by atoms with Crippen molar-refractivity contribution in [2.45, 2.75) is 36.8 Å². The summed E-state index contributed by atoms with van der Waals surface area (Å²) in [5.41, 5.74) is 1.09. The molecule has 1 fully saturated rings. The van der Waals surface area contributed by atoms with E-state index in [4.69, 9.17) is 27.4 Å². The summed E-state index contributed by atoms with van der Waals surface area (Å²) in [5.74, 6) is -8.23. The summed E-state index contributed by atoms with van der Waals surface area (Å²) < 4.78 is 95.3. The molecule has 2 heterocycles. The minimum atomic E-state index is -3.37. The third kappa shape index (κ3) is 6.19. The lowest BCUT2D eigenvalue weighted by molar-refractivity contribution is -0.120. The van der Waals surface area contributed by atoms with Gasteiger partial charge >= 0.3 is 0 Å². The molecule has 1 saturated heterocycles. The monoisotopic (exact) mass is 689 g/mol. The Kier molecular flexibility index (Phi) is 9.24. The maximum absolute atomic E-state index is 14.3. The van der Waals surface area contributed by atoms with Crippen molar-refractivity contribution in [2.75, 3.05) is 26.4 Å². The SMILES string of the molecule is CC1(c2cc(Br)ccc2F)N=C(N)COCC1(F)F.CC1(c2cc(Br)ccc2F)NC(=S)COCC1(F)F. The van der Waals surface area contributed by atoms with Crippen LogP contribution in [-0.4, -0.2) is 49.1 Å². The molecule has 5 nitrogen and oxygen atoms in total. The number of nitrogens with zero attached hydrogens (tertiary/aromatic N) is 1. The number of hydrogen-bond acceptors (Lipinski definition) is 5. The molecule has 2 aliphatic heterocycles. The standard InChI is InChI=1S/C12H12BrF3N2O.C12H11BrF3NOS/c1-11(8-4-7(13)2-3-9(8)14)12(15,16)6-19-5-10(17)18-11;1-11(8-4-7(13)2-3-9(8)14)12(15,16)6-18-5-10(19)17-11/h2-4H,5-6H2,1H3,(H2,17,18);2-4H,5-6H2,1H3,(H,17,19). The molecule has 2 aliphatic rings. The molecular weight excluding hydrogens is 668 g/mol. The van der Waals surface area contributed by atoms with Gasteiger partial charge in [-0.2, -0.15) is 0 Å². The minimum Gasteiger partial charge on any atom is -0.385 e. The molecule has 0 radical (unpaired) electrons. The second-order valence-corrected chi connectivity index (χ2v) is 11.3. The molecule has 2 unspecified atom stereocenters. The summed E-state index contributed by atoms with van der Waals surface area (Å²) in [4.78, 5) is 3.92. The first-order chi connectivity index (χ1) is 17.5. The number of rotatable bonds is 2. The smallest absolute Gasteiger partial charge is 0.299 e. The molecular formula is C24H23Br2F6N3O2S. The zero-order chi connectivity index (χ0) is 28.5. The molecule has 2 atom stereocenters. The Bertz CT molecular complexity index is 1250. The molecule has 0 aliphatic carbocycles. The van der Waals surface area contributed by atoms with Crippen molar-refractivity contribution >= 4 is 54.9 Å². The van der Waals surface area contributed by atoms with E-state index in [1.807, 2.05) is 0 Å². The van der Waals surface area contributed by atoms with Gasteiger partial charge in [0, 0.05) is 20.1 Å². The van der Waals surface area contributed by atoms with Crippen molar-refractivity contribution in [3.63, 3.8) is 0 Å². The normalized spacial score (nSPS) is 26.7. The molecule has 0 spiro atoms. The molecule has 38 heavy (non-hydrogen) atoms. The molecule has 208 valence electrons. The van der Waals surface area contributed by atoms with E-state index in [9.17, 15) is 26.3 Å². The van der Waals surface area contributed by atoms with Gasteiger partial charge in [0.25, 0.3) is 11.8 Å². The van der Waals surface area contributed by atoms with E-state index in [0.29, 0.717) is 8.95 Å². The topological polar surface area (TPSA) is 68.9 Å². The first kappa shape index (κ1) is 30.8. The van der Waals surface area contributed by atoms with Crippen LogP contribution in [-0.2, 0) is 20.6 Å². The van der Waals surface area contributed by atoms with Gasteiger partial charge in [0.15, 0.2) is 5.54 Å². The number of amidine groups is 1. The van der Waals surface area contributed by atoms with E-state index in [0.717, 1.165) is 19.1 Å². The summed E-state index contributed by atoms with van der Waals surface area (Å²) in [6, 6.07) is 7.73. The highest BCUT2D eigenvalue weighted by Crippen LogP contribution is 2.44. The highest BCUT2D eigenvalue weighted by molar-refractivity contribution is 9.10. The first-order valence-corrected chi connectivity index (χ1v) is 13.0. The first-order valence-electron chi connectivity index (χ1n) is 11.0. The van der Waals surface area contributed by atoms with Crippen molar-refractivity contribution in [3.8, 4) is 0 Å². The van der Waals surface area contributed by atoms with Crippen molar-refractivity contribution in [1.82, 2.24) is 5.32 Å². The van der Waals surface area contributed by atoms with Crippen molar-refractivity contribution in [3.05, 3.63) is 68.1 Å². The van der Waals surface area contributed by atoms with Gasteiger partial charge in [-0.1, -0.05) is 44.1 Å². The lowest BCUT2D eigenvalue weighted by Gasteiger charge is -2.37. The summed E-state index contributed by atoms with van der Waals surface area (Å²) in [6.07, 6.45) is 0.